The zero-order valence-corrected chi connectivity index (χ0v) is 11.0. The average molecular weight is 265 g/mol. The molecule has 1 heterocycles. The highest BCUT2D eigenvalue weighted by Crippen LogP contribution is 2.21. The molecule has 1 aromatic rings. The quantitative estimate of drug-likeness (QED) is 0.638. The molecule has 0 radical (unpaired) electrons. The second kappa shape index (κ2) is 6.65. The Morgan fingerprint density at radius 1 is 1.47 bits per heavy atom. The number of esters is 1. The smallest absolute Gasteiger partial charge is 0.323 e. The molecule has 1 aliphatic rings. The number of nitrogens with zero attached hydrogens (tertiary/aromatic N) is 1. The third-order valence-electron chi connectivity index (χ3n) is 3.29. The predicted octanol–water partition coefficient (Wildman–Crippen LogP) is 1.12. The minimum Gasteiger partial charge on any atom is -0.468 e. The van der Waals surface area contributed by atoms with Gasteiger partial charge in [-0.1, -0.05) is 30.3 Å². The average Bonchev–Trinajstić information content (AvgIpc) is 2.94. The summed E-state index contributed by atoms with van der Waals surface area (Å²) in [7, 11) is 1.36. The van der Waals surface area contributed by atoms with Gasteiger partial charge in [-0.15, -0.1) is 0 Å². The first-order chi connectivity index (χ1) is 9.22. The first-order valence-electron chi connectivity index (χ1n) is 6.39. The van der Waals surface area contributed by atoms with Gasteiger partial charge < -0.3 is 14.6 Å². The maximum atomic E-state index is 11.6. The van der Waals surface area contributed by atoms with Crippen LogP contribution in [0.1, 0.15) is 18.4 Å². The number of aliphatic hydroxyl groups is 1. The number of hydrogen-bond acceptors (Lipinski definition) is 5. The number of methoxy groups -OCH3 is 1. The number of aliphatic hydroxyl groups excluding tert-OH is 1. The number of benzene rings is 1. The summed E-state index contributed by atoms with van der Waals surface area (Å²) in [5.41, 5.74) is 0.982. The van der Waals surface area contributed by atoms with Crippen molar-refractivity contribution in [3.8, 4) is 0 Å². The summed E-state index contributed by atoms with van der Waals surface area (Å²) in [5, 5.41) is 10.0. The molecular formula is C14H19NO4. The van der Waals surface area contributed by atoms with Gasteiger partial charge in [-0.25, -0.2) is 4.90 Å². The van der Waals surface area contributed by atoms with Gasteiger partial charge in [0.05, 0.1) is 13.7 Å². The molecule has 2 atom stereocenters. The molecule has 0 aliphatic carbocycles. The van der Waals surface area contributed by atoms with Gasteiger partial charge in [0.2, 0.25) is 6.41 Å². The van der Waals surface area contributed by atoms with Crippen LogP contribution in [0.15, 0.2) is 30.3 Å². The number of ether oxygens (including phenoxy) is 2. The molecule has 2 rings (SSSR count). The van der Waals surface area contributed by atoms with Crippen LogP contribution < -0.4 is 0 Å². The van der Waals surface area contributed by atoms with Crippen LogP contribution in [0, 0.1) is 0 Å². The molecule has 1 aromatic carbocycles. The minimum atomic E-state index is -1.08. The fourth-order valence-corrected chi connectivity index (χ4v) is 2.28. The molecule has 1 unspecified atom stereocenters. The van der Waals surface area contributed by atoms with Gasteiger partial charge in [-0.3, -0.25) is 4.79 Å². The van der Waals surface area contributed by atoms with Crippen molar-refractivity contribution in [2.24, 2.45) is 0 Å². The van der Waals surface area contributed by atoms with Gasteiger partial charge in [0, 0.05) is 6.54 Å². The SMILES string of the molecule is COC(=O)[C@H]1CCCN1C(O)OCc1ccccc1. The largest absolute Gasteiger partial charge is 0.468 e. The van der Waals surface area contributed by atoms with Gasteiger partial charge >= 0.3 is 5.97 Å². The zero-order chi connectivity index (χ0) is 13.7. The monoisotopic (exact) mass is 265 g/mol. The van der Waals surface area contributed by atoms with Crippen molar-refractivity contribution in [2.75, 3.05) is 13.7 Å². The highest BCUT2D eigenvalue weighted by molar-refractivity contribution is 5.75. The Balaban J connectivity index is 1.88. The van der Waals surface area contributed by atoms with E-state index in [4.69, 9.17) is 9.47 Å². The van der Waals surface area contributed by atoms with Crippen molar-refractivity contribution < 1.29 is 19.4 Å². The Hall–Kier alpha value is -1.43. The van der Waals surface area contributed by atoms with Crippen molar-refractivity contribution >= 4 is 5.97 Å². The number of likely N-dealkylation sites (tertiary alicyclic amines) is 1. The molecule has 1 fully saturated rings. The summed E-state index contributed by atoms with van der Waals surface area (Å²) in [6, 6.07) is 9.20. The van der Waals surface area contributed by atoms with E-state index in [1.54, 1.807) is 4.90 Å². The standard InChI is InChI=1S/C14H19NO4/c1-18-13(16)12-8-5-9-15(12)14(17)19-10-11-6-3-2-4-7-11/h2-4,6-7,12,14,17H,5,8-10H2,1H3/t12-,14?/m1/s1. The van der Waals surface area contributed by atoms with Crippen LogP contribution in [0.5, 0.6) is 0 Å². The van der Waals surface area contributed by atoms with Crippen LogP contribution in [0.2, 0.25) is 0 Å². The molecule has 0 amide bonds. The van der Waals surface area contributed by atoms with Crippen LogP contribution in [0.25, 0.3) is 0 Å². The Labute approximate surface area is 112 Å². The highest BCUT2D eigenvalue weighted by Gasteiger charge is 2.35. The van der Waals surface area contributed by atoms with Crippen LogP contribution in [-0.2, 0) is 20.9 Å². The van der Waals surface area contributed by atoms with E-state index in [9.17, 15) is 9.90 Å². The lowest BCUT2D eigenvalue weighted by atomic mass is 10.2. The second-order valence-electron chi connectivity index (χ2n) is 4.54. The summed E-state index contributed by atoms with van der Waals surface area (Å²) in [4.78, 5) is 13.2. The maximum Gasteiger partial charge on any atom is 0.323 e. The van der Waals surface area contributed by atoms with Crippen molar-refractivity contribution in [2.45, 2.75) is 31.9 Å². The van der Waals surface area contributed by atoms with Crippen molar-refractivity contribution in [1.82, 2.24) is 4.90 Å². The van der Waals surface area contributed by atoms with Crippen LogP contribution >= 0.6 is 0 Å². The molecular weight excluding hydrogens is 246 g/mol. The number of hydrogen-bond donors (Lipinski definition) is 1. The molecule has 0 bridgehead atoms. The zero-order valence-electron chi connectivity index (χ0n) is 11.0. The predicted molar refractivity (Wildman–Crippen MR) is 69.0 cm³/mol. The maximum absolute atomic E-state index is 11.6. The number of carbonyl (C=O) groups is 1. The Kier molecular flexibility index (Phi) is 4.90. The molecule has 1 aliphatic heterocycles. The molecule has 1 saturated heterocycles. The van der Waals surface area contributed by atoms with E-state index in [1.165, 1.54) is 7.11 Å². The third-order valence-corrected chi connectivity index (χ3v) is 3.29. The molecule has 0 aromatic heterocycles. The second-order valence-corrected chi connectivity index (χ2v) is 4.54. The Morgan fingerprint density at radius 2 is 2.21 bits per heavy atom. The third kappa shape index (κ3) is 3.53. The van der Waals surface area contributed by atoms with Gasteiger partial charge in [0.1, 0.15) is 6.04 Å². The van der Waals surface area contributed by atoms with Crippen LogP contribution in [0.3, 0.4) is 0 Å². The lowest BCUT2D eigenvalue weighted by Crippen LogP contribution is -2.44. The fraction of sp³-hybridized carbons (Fsp3) is 0.500. The molecule has 0 spiro atoms. The Bertz CT molecular complexity index is 409. The lowest BCUT2D eigenvalue weighted by Gasteiger charge is -2.27. The minimum absolute atomic E-state index is 0.312. The molecule has 19 heavy (non-hydrogen) atoms. The van der Waals surface area contributed by atoms with E-state index in [1.807, 2.05) is 30.3 Å². The molecule has 5 heteroatoms. The number of rotatable bonds is 5. The summed E-state index contributed by atoms with van der Waals surface area (Å²) < 4.78 is 10.1. The summed E-state index contributed by atoms with van der Waals surface area (Å²) in [5.74, 6) is -0.320. The van der Waals surface area contributed by atoms with Crippen molar-refractivity contribution in [1.29, 1.82) is 0 Å². The van der Waals surface area contributed by atoms with E-state index in [0.29, 0.717) is 19.6 Å². The van der Waals surface area contributed by atoms with Crippen LogP contribution in [-0.4, -0.2) is 42.1 Å². The van der Waals surface area contributed by atoms with Gasteiger partial charge in [0.25, 0.3) is 0 Å². The molecule has 104 valence electrons. The first-order valence-corrected chi connectivity index (χ1v) is 6.39. The fourth-order valence-electron chi connectivity index (χ4n) is 2.28. The van der Waals surface area contributed by atoms with E-state index in [2.05, 4.69) is 0 Å². The summed E-state index contributed by atoms with van der Waals surface area (Å²) in [6.07, 6.45) is 0.469. The molecule has 5 nitrogen and oxygen atoms in total. The van der Waals surface area contributed by atoms with Gasteiger partial charge in [-0.05, 0) is 18.4 Å². The van der Waals surface area contributed by atoms with Gasteiger partial charge in [-0.2, -0.15) is 0 Å². The topological polar surface area (TPSA) is 59.0 Å². The molecule has 1 N–H and O–H groups in total. The van der Waals surface area contributed by atoms with E-state index < -0.39 is 12.5 Å². The van der Waals surface area contributed by atoms with Crippen molar-refractivity contribution in [3.63, 3.8) is 0 Å². The van der Waals surface area contributed by atoms with E-state index in [0.717, 1.165) is 12.0 Å². The first kappa shape index (κ1) is 14.0. The van der Waals surface area contributed by atoms with Gasteiger partial charge in [0.15, 0.2) is 0 Å². The molecule has 0 saturated carbocycles. The normalized spacial score (nSPS) is 21.3. The number of carbonyl (C=O) groups excluding carboxylic acids is 1. The van der Waals surface area contributed by atoms with Crippen molar-refractivity contribution in [3.05, 3.63) is 35.9 Å². The highest BCUT2D eigenvalue weighted by atomic mass is 16.6. The summed E-state index contributed by atoms with van der Waals surface area (Å²) >= 11 is 0. The summed E-state index contributed by atoms with van der Waals surface area (Å²) in [6.45, 7) is 0.947. The van der Waals surface area contributed by atoms with E-state index >= 15 is 0 Å². The van der Waals surface area contributed by atoms with Crippen LogP contribution in [0.4, 0.5) is 0 Å². The van der Waals surface area contributed by atoms with E-state index in [-0.39, 0.29) is 5.97 Å². The Morgan fingerprint density at radius 3 is 2.89 bits per heavy atom. The lowest BCUT2D eigenvalue weighted by molar-refractivity contribution is -0.209.